The molecule has 0 saturated heterocycles. The Morgan fingerprint density at radius 1 is 1.30 bits per heavy atom. The smallest absolute Gasteiger partial charge is 0.227 e. The van der Waals surface area contributed by atoms with Crippen molar-refractivity contribution in [3.05, 3.63) is 53.6 Å². The second-order valence-corrected chi connectivity index (χ2v) is 6.02. The molecule has 0 radical (unpaired) electrons. The van der Waals surface area contributed by atoms with Crippen LogP contribution in [-0.2, 0) is 17.6 Å². The van der Waals surface area contributed by atoms with E-state index in [0.29, 0.717) is 24.3 Å². The molecule has 23 heavy (non-hydrogen) atoms. The Labute approximate surface area is 136 Å². The van der Waals surface area contributed by atoms with Crippen LogP contribution in [0, 0.1) is 0 Å². The molecule has 1 unspecified atom stereocenters. The molecular formula is C19H22N2O2. The van der Waals surface area contributed by atoms with Gasteiger partial charge in [-0.15, -0.1) is 0 Å². The number of anilines is 2. The summed E-state index contributed by atoms with van der Waals surface area (Å²) in [4.78, 5) is 14.6. The van der Waals surface area contributed by atoms with Gasteiger partial charge in [0.05, 0.1) is 12.8 Å². The van der Waals surface area contributed by atoms with Crippen molar-refractivity contribution >= 4 is 17.3 Å². The number of rotatable bonds is 4. The first-order valence-electron chi connectivity index (χ1n) is 7.92. The third-order valence-electron chi connectivity index (χ3n) is 4.40. The van der Waals surface area contributed by atoms with Crippen LogP contribution in [0.3, 0.4) is 0 Å². The van der Waals surface area contributed by atoms with E-state index in [1.807, 2.05) is 41.3 Å². The van der Waals surface area contributed by atoms with Gasteiger partial charge in [0.2, 0.25) is 5.91 Å². The molecule has 0 aliphatic carbocycles. The summed E-state index contributed by atoms with van der Waals surface area (Å²) in [6.45, 7) is 2.10. The van der Waals surface area contributed by atoms with Gasteiger partial charge in [0.1, 0.15) is 5.75 Å². The average molecular weight is 310 g/mol. The Hall–Kier alpha value is -2.49. The standard InChI is InChI=1S/C19H22N2O2/c1-13-11-15-5-3-4-6-17(15)21(13)19(22)10-8-14-7-9-18(23-2)16(20)12-14/h3-7,9,12-13H,8,10-11,20H2,1-2H3. The lowest BCUT2D eigenvalue weighted by molar-refractivity contribution is -0.118. The van der Waals surface area contributed by atoms with Gasteiger partial charge >= 0.3 is 0 Å². The van der Waals surface area contributed by atoms with Gasteiger partial charge in [-0.25, -0.2) is 0 Å². The van der Waals surface area contributed by atoms with Gasteiger partial charge in [-0.3, -0.25) is 4.79 Å². The average Bonchev–Trinajstić information content (AvgIpc) is 2.88. The molecule has 4 heteroatoms. The molecule has 2 aromatic rings. The first-order valence-corrected chi connectivity index (χ1v) is 7.92. The molecule has 0 spiro atoms. The number of benzene rings is 2. The minimum Gasteiger partial charge on any atom is -0.495 e. The maximum atomic E-state index is 12.7. The van der Waals surface area contributed by atoms with Crippen molar-refractivity contribution in [2.24, 2.45) is 0 Å². The maximum absolute atomic E-state index is 12.7. The Balaban J connectivity index is 1.69. The van der Waals surface area contributed by atoms with Crippen LogP contribution in [0.5, 0.6) is 5.75 Å². The lowest BCUT2D eigenvalue weighted by atomic mass is 10.1. The van der Waals surface area contributed by atoms with Crippen molar-refractivity contribution < 1.29 is 9.53 Å². The summed E-state index contributed by atoms with van der Waals surface area (Å²) >= 11 is 0. The molecule has 2 aromatic carbocycles. The minimum atomic E-state index is 0.164. The predicted octanol–water partition coefficient (Wildman–Crippen LogP) is 3.19. The topological polar surface area (TPSA) is 55.6 Å². The molecule has 3 rings (SSSR count). The zero-order chi connectivity index (χ0) is 16.4. The van der Waals surface area contributed by atoms with Crippen LogP contribution in [0.4, 0.5) is 11.4 Å². The molecule has 1 amide bonds. The van der Waals surface area contributed by atoms with Crippen LogP contribution >= 0.6 is 0 Å². The van der Waals surface area contributed by atoms with Crippen molar-refractivity contribution in [2.75, 3.05) is 17.7 Å². The van der Waals surface area contributed by atoms with Gasteiger partial charge in [-0.05, 0) is 49.1 Å². The van der Waals surface area contributed by atoms with E-state index in [-0.39, 0.29) is 11.9 Å². The fourth-order valence-corrected chi connectivity index (χ4v) is 3.26. The summed E-state index contributed by atoms with van der Waals surface area (Å²) in [5.41, 5.74) is 9.89. The van der Waals surface area contributed by atoms with E-state index in [9.17, 15) is 4.79 Å². The minimum absolute atomic E-state index is 0.164. The first-order chi connectivity index (χ1) is 11.1. The van der Waals surface area contributed by atoms with Crippen molar-refractivity contribution in [3.63, 3.8) is 0 Å². The highest BCUT2D eigenvalue weighted by Crippen LogP contribution is 2.32. The molecule has 0 saturated carbocycles. The lowest BCUT2D eigenvalue weighted by Crippen LogP contribution is -2.35. The molecule has 0 aromatic heterocycles. The summed E-state index contributed by atoms with van der Waals surface area (Å²) in [5.74, 6) is 0.832. The summed E-state index contributed by atoms with van der Waals surface area (Å²) in [6.07, 6.45) is 2.08. The second-order valence-electron chi connectivity index (χ2n) is 6.02. The van der Waals surface area contributed by atoms with E-state index < -0.39 is 0 Å². The van der Waals surface area contributed by atoms with E-state index in [0.717, 1.165) is 17.7 Å². The zero-order valence-electron chi connectivity index (χ0n) is 13.6. The van der Waals surface area contributed by atoms with Gasteiger partial charge in [-0.2, -0.15) is 0 Å². The molecule has 1 aliphatic rings. The number of fused-ring (bicyclic) bond motifs is 1. The van der Waals surface area contributed by atoms with Gasteiger partial charge in [0.25, 0.3) is 0 Å². The predicted molar refractivity (Wildman–Crippen MR) is 92.8 cm³/mol. The second kappa shape index (κ2) is 6.32. The molecule has 1 atom stereocenters. The Bertz CT molecular complexity index is 727. The number of carbonyl (C=O) groups excluding carboxylic acids is 1. The Morgan fingerprint density at radius 3 is 2.83 bits per heavy atom. The fourth-order valence-electron chi connectivity index (χ4n) is 3.26. The van der Waals surface area contributed by atoms with Crippen LogP contribution < -0.4 is 15.4 Å². The fraction of sp³-hybridized carbons (Fsp3) is 0.316. The highest BCUT2D eigenvalue weighted by molar-refractivity contribution is 5.96. The van der Waals surface area contributed by atoms with Crippen molar-refractivity contribution in [3.8, 4) is 5.75 Å². The molecule has 120 valence electrons. The molecule has 1 heterocycles. The highest BCUT2D eigenvalue weighted by atomic mass is 16.5. The molecule has 2 N–H and O–H groups in total. The van der Waals surface area contributed by atoms with Crippen LogP contribution in [-0.4, -0.2) is 19.1 Å². The maximum Gasteiger partial charge on any atom is 0.227 e. The van der Waals surface area contributed by atoms with Crippen LogP contribution in [0.1, 0.15) is 24.5 Å². The van der Waals surface area contributed by atoms with Gasteiger partial charge < -0.3 is 15.4 Å². The normalized spacial score (nSPS) is 16.3. The summed E-state index contributed by atoms with van der Waals surface area (Å²) in [6, 6.07) is 14.1. The van der Waals surface area contributed by atoms with Crippen molar-refractivity contribution in [1.29, 1.82) is 0 Å². The van der Waals surface area contributed by atoms with Crippen LogP contribution in [0.15, 0.2) is 42.5 Å². The highest BCUT2D eigenvalue weighted by Gasteiger charge is 2.29. The summed E-state index contributed by atoms with van der Waals surface area (Å²) in [5, 5.41) is 0. The van der Waals surface area contributed by atoms with Gasteiger partial charge in [0, 0.05) is 18.2 Å². The van der Waals surface area contributed by atoms with Crippen molar-refractivity contribution in [2.45, 2.75) is 32.2 Å². The number of hydrogen-bond donors (Lipinski definition) is 1. The number of nitrogens with zero attached hydrogens (tertiary/aromatic N) is 1. The number of nitrogen functional groups attached to an aromatic ring is 1. The molecule has 4 nitrogen and oxygen atoms in total. The van der Waals surface area contributed by atoms with Crippen molar-refractivity contribution in [1.82, 2.24) is 0 Å². The number of methoxy groups -OCH3 is 1. The third kappa shape index (κ3) is 3.02. The third-order valence-corrected chi connectivity index (χ3v) is 4.40. The number of hydrogen-bond acceptors (Lipinski definition) is 3. The molecule has 0 bridgehead atoms. The molecule has 0 fully saturated rings. The quantitative estimate of drug-likeness (QED) is 0.882. The van der Waals surface area contributed by atoms with E-state index in [2.05, 4.69) is 13.0 Å². The Kier molecular flexibility index (Phi) is 4.24. The molecule has 1 aliphatic heterocycles. The van der Waals surface area contributed by atoms with E-state index in [1.54, 1.807) is 7.11 Å². The SMILES string of the molecule is COc1ccc(CCC(=O)N2c3ccccc3CC2C)cc1N. The number of ether oxygens (including phenoxy) is 1. The monoisotopic (exact) mass is 310 g/mol. The summed E-state index contributed by atoms with van der Waals surface area (Å²) < 4.78 is 5.16. The first kappa shape index (κ1) is 15.4. The van der Waals surface area contributed by atoms with Gasteiger partial charge in [0.15, 0.2) is 0 Å². The zero-order valence-corrected chi connectivity index (χ0v) is 13.6. The number of para-hydroxylation sites is 1. The largest absolute Gasteiger partial charge is 0.495 e. The van der Waals surface area contributed by atoms with E-state index >= 15 is 0 Å². The number of aryl methyl sites for hydroxylation is 1. The van der Waals surface area contributed by atoms with E-state index in [1.165, 1.54) is 5.56 Å². The van der Waals surface area contributed by atoms with E-state index in [4.69, 9.17) is 10.5 Å². The summed E-state index contributed by atoms with van der Waals surface area (Å²) in [7, 11) is 1.60. The number of nitrogens with two attached hydrogens (primary N) is 1. The van der Waals surface area contributed by atoms with Crippen LogP contribution in [0.25, 0.3) is 0 Å². The number of carbonyl (C=O) groups is 1. The lowest BCUT2D eigenvalue weighted by Gasteiger charge is -2.22. The number of amides is 1. The van der Waals surface area contributed by atoms with Gasteiger partial charge in [-0.1, -0.05) is 24.3 Å². The van der Waals surface area contributed by atoms with Crippen LogP contribution in [0.2, 0.25) is 0 Å². The Morgan fingerprint density at radius 2 is 2.09 bits per heavy atom. The molecular weight excluding hydrogens is 288 g/mol.